The number of hydrogen-bond acceptors (Lipinski definition) is 9. The van der Waals surface area contributed by atoms with Crippen LogP contribution in [0.5, 0.6) is 5.75 Å². The number of amides is 1. The van der Waals surface area contributed by atoms with Gasteiger partial charge in [-0.2, -0.15) is 24.7 Å². The van der Waals surface area contributed by atoms with Gasteiger partial charge in [-0.15, -0.1) is 0 Å². The number of benzene rings is 1. The highest BCUT2D eigenvalue weighted by molar-refractivity contribution is 8.26. The van der Waals surface area contributed by atoms with Crippen molar-refractivity contribution < 1.29 is 9.53 Å². The molecule has 4 heterocycles. The Morgan fingerprint density at radius 2 is 2.00 bits per heavy atom. The SMILES string of the molecule is CCCc1nn2c(=O)cc(COc3ccc(/C=C4/C(=N)N5N=C(C)SC5=NC4=O)cc3)nc2s1. The molecule has 10 nitrogen and oxygen atoms in total. The van der Waals surface area contributed by atoms with Gasteiger partial charge < -0.3 is 4.74 Å². The second-order valence-electron chi connectivity index (χ2n) is 7.52. The summed E-state index contributed by atoms with van der Waals surface area (Å²) >= 11 is 2.68. The second-order valence-corrected chi connectivity index (χ2v) is 9.72. The number of fused-ring (bicyclic) bond motifs is 2. The molecule has 2 aromatic heterocycles. The summed E-state index contributed by atoms with van der Waals surface area (Å²) in [4.78, 5) is 33.8. The summed E-state index contributed by atoms with van der Waals surface area (Å²) < 4.78 is 7.12. The first kappa shape index (κ1) is 22.2. The molecule has 0 unspecified atom stereocenters. The van der Waals surface area contributed by atoms with Gasteiger partial charge in [-0.3, -0.25) is 15.0 Å². The highest BCUT2D eigenvalue weighted by Gasteiger charge is 2.34. The van der Waals surface area contributed by atoms with Gasteiger partial charge in [0, 0.05) is 12.5 Å². The molecule has 0 saturated heterocycles. The van der Waals surface area contributed by atoms with Crippen LogP contribution in [0.1, 0.15) is 36.5 Å². The normalized spacial score (nSPS) is 16.8. The van der Waals surface area contributed by atoms with E-state index in [0.717, 1.165) is 28.5 Å². The molecule has 0 spiro atoms. The fraction of sp³-hybridized carbons (Fsp3) is 0.227. The molecule has 0 atom stereocenters. The van der Waals surface area contributed by atoms with E-state index in [1.165, 1.54) is 38.7 Å². The van der Waals surface area contributed by atoms with Crippen LogP contribution in [0.3, 0.4) is 0 Å². The number of aromatic nitrogens is 3. The van der Waals surface area contributed by atoms with Gasteiger partial charge in [0.25, 0.3) is 11.5 Å². The summed E-state index contributed by atoms with van der Waals surface area (Å²) in [5.74, 6) is 0.117. The highest BCUT2D eigenvalue weighted by Crippen LogP contribution is 2.28. The van der Waals surface area contributed by atoms with Gasteiger partial charge >= 0.3 is 0 Å². The van der Waals surface area contributed by atoms with E-state index >= 15 is 0 Å². The molecule has 0 bridgehead atoms. The van der Waals surface area contributed by atoms with Crippen LogP contribution in [0.25, 0.3) is 11.0 Å². The van der Waals surface area contributed by atoms with Crippen molar-refractivity contribution in [3.8, 4) is 5.75 Å². The molecular weight excluding hydrogens is 474 g/mol. The predicted octanol–water partition coefficient (Wildman–Crippen LogP) is 3.32. The van der Waals surface area contributed by atoms with Crippen molar-refractivity contribution in [3.63, 3.8) is 0 Å². The Kier molecular flexibility index (Phi) is 5.84. The van der Waals surface area contributed by atoms with Crippen molar-refractivity contribution in [2.45, 2.75) is 33.3 Å². The van der Waals surface area contributed by atoms with Gasteiger partial charge in [-0.1, -0.05) is 30.4 Å². The summed E-state index contributed by atoms with van der Waals surface area (Å²) in [5, 5.41) is 20.2. The average molecular weight is 494 g/mol. The molecule has 1 aromatic carbocycles. The number of aliphatic imine (C=N–C) groups is 1. The molecule has 172 valence electrons. The molecule has 2 aliphatic rings. The Labute approximate surface area is 202 Å². The minimum absolute atomic E-state index is 0.00223. The van der Waals surface area contributed by atoms with Crippen molar-refractivity contribution in [2.75, 3.05) is 0 Å². The second kappa shape index (κ2) is 8.95. The van der Waals surface area contributed by atoms with Gasteiger partial charge in [0.05, 0.1) is 16.3 Å². The molecule has 12 heteroatoms. The molecule has 3 aromatic rings. The van der Waals surface area contributed by atoms with Crippen LogP contribution in [0.2, 0.25) is 0 Å². The molecule has 0 saturated carbocycles. The zero-order valence-electron chi connectivity index (χ0n) is 18.3. The Hall–Kier alpha value is -3.64. The van der Waals surface area contributed by atoms with Crippen molar-refractivity contribution in [1.82, 2.24) is 19.6 Å². The van der Waals surface area contributed by atoms with Crippen LogP contribution in [0, 0.1) is 5.41 Å². The number of ether oxygens (including phenoxy) is 1. The lowest BCUT2D eigenvalue weighted by molar-refractivity contribution is -0.114. The summed E-state index contributed by atoms with van der Waals surface area (Å²) in [5.41, 5.74) is 1.18. The van der Waals surface area contributed by atoms with Crippen molar-refractivity contribution in [3.05, 3.63) is 62.5 Å². The van der Waals surface area contributed by atoms with Crippen LogP contribution in [-0.4, -0.2) is 41.6 Å². The lowest BCUT2D eigenvalue weighted by atomic mass is 10.1. The third-order valence-corrected chi connectivity index (χ3v) is 6.73. The lowest BCUT2D eigenvalue weighted by Crippen LogP contribution is -2.35. The molecule has 2 aliphatic heterocycles. The van der Waals surface area contributed by atoms with Crippen molar-refractivity contribution >= 4 is 56.1 Å². The number of hydrogen-bond donors (Lipinski definition) is 1. The van der Waals surface area contributed by atoms with Crippen molar-refractivity contribution in [2.24, 2.45) is 10.1 Å². The number of nitrogens with zero attached hydrogens (tertiary/aromatic N) is 6. The standard InChI is InChI=1S/C22H19N7O3S2/c1-3-4-17-27-28-18(30)10-14(24-21(28)34-17)11-32-15-7-5-13(6-8-15)9-16-19(23)29-22(25-20(16)31)33-12(2)26-29/h5-10,23H,3-4,11H2,1-2H3/b16-9-,23-19?. The molecule has 1 amide bonds. The average Bonchev–Trinajstić information content (AvgIpc) is 3.39. The van der Waals surface area contributed by atoms with Crippen LogP contribution in [0.15, 0.2) is 50.8 Å². The predicted molar refractivity (Wildman–Crippen MR) is 133 cm³/mol. The lowest BCUT2D eigenvalue weighted by Gasteiger charge is -2.20. The van der Waals surface area contributed by atoms with Crippen molar-refractivity contribution in [1.29, 1.82) is 5.41 Å². The topological polar surface area (TPSA) is 125 Å². The third kappa shape index (κ3) is 4.29. The fourth-order valence-electron chi connectivity index (χ4n) is 3.36. The Balaban J connectivity index is 1.29. The number of amidine groups is 2. The number of thioether (sulfide) groups is 1. The Morgan fingerprint density at radius 3 is 2.76 bits per heavy atom. The molecular formula is C22H19N7O3S2. The van der Waals surface area contributed by atoms with Crippen LogP contribution in [-0.2, 0) is 17.8 Å². The van der Waals surface area contributed by atoms with E-state index in [4.69, 9.17) is 10.1 Å². The number of carbonyl (C=O) groups excluding carboxylic acids is 1. The van der Waals surface area contributed by atoms with E-state index in [9.17, 15) is 9.59 Å². The van der Waals surface area contributed by atoms with E-state index in [0.29, 0.717) is 21.6 Å². The van der Waals surface area contributed by atoms with Gasteiger partial charge in [0.2, 0.25) is 10.1 Å². The van der Waals surface area contributed by atoms with Gasteiger partial charge in [0.1, 0.15) is 17.4 Å². The number of hydrazone groups is 1. The number of carbonyl (C=O) groups is 1. The first-order chi connectivity index (χ1) is 16.4. The number of aryl methyl sites for hydroxylation is 1. The summed E-state index contributed by atoms with van der Waals surface area (Å²) in [6, 6.07) is 8.49. The number of rotatable bonds is 6. The van der Waals surface area contributed by atoms with Crippen LogP contribution >= 0.6 is 23.1 Å². The van der Waals surface area contributed by atoms with Crippen LogP contribution < -0.4 is 10.3 Å². The molecule has 34 heavy (non-hydrogen) atoms. The fourth-order valence-corrected chi connectivity index (χ4v) is 5.11. The molecule has 1 N–H and O–H groups in total. The quantitative estimate of drug-likeness (QED) is 0.522. The molecule has 0 aliphatic carbocycles. The first-order valence-electron chi connectivity index (χ1n) is 10.5. The zero-order valence-corrected chi connectivity index (χ0v) is 19.9. The first-order valence-corrected chi connectivity index (χ1v) is 12.1. The summed E-state index contributed by atoms with van der Waals surface area (Å²) in [7, 11) is 0. The maximum atomic E-state index is 12.4. The molecule has 5 rings (SSSR count). The summed E-state index contributed by atoms with van der Waals surface area (Å²) in [6.45, 7) is 4.00. The van der Waals surface area contributed by atoms with Gasteiger partial charge in [0.15, 0.2) is 5.84 Å². The van der Waals surface area contributed by atoms with E-state index in [2.05, 4.69) is 27.1 Å². The molecule has 0 radical (unpaired) electrons. The highest BCUT2D eigenvalue weighted by atomic mass is 32.2. The third-order valence-electron chi connectivity index (χ3n) is 4.94. The zero-order chi connectivity index (χ0) is 23.8. The maximum Gasteiger partial charge on any atom is 0.283 e. The summed E-state index contributed by atoms with van der Waals surface area (Å²) in [6.07, 6.45) is 3.37. The monoisotopic (exact) mass is 493 g/mol. The number of nitrogens with one attached hydrogen (secondary N) is 1. The maximum absolute atomic E-state index is 12.4. The van der Waals surface area contributed by atoms with E-state index in [1.54, 1.807) is 37.3 Å². The van der Waals surface area contributed by atoms with Gasteiger partial charge in [-0.05, 0) is 48.9 Å². The van der Waals surface area contributed by atoms with E-state index in [-0.39, 0.29) is 23.6 Å². The minimum atomic E-state index is -0.466. The van der Waals surface area contributed by atoms with E-state index < -0.39 is 5.91 Å². The van der Waals surface area contributed by atoms with Gasteiger partial charge in [-0.25, -0.2) is 4.98 Å². The molecule has 0 fully saturated rings. The smallest absolute Gasteiger partial charge is 0.283 e. The Bertz CT molecular complexity index is 1470. The Morgan fingerprint density at radius 1 is 1.21 bits per heavy atom. The largest absolute Gasteiger partial charge is 0.487 e. The van der Waals surface area contributed by atoms with E-state index in [1.807, 2.05) is 0 Å². The van der Waals surface area contributed by atoms with Crippen LogP contribution in [0.4, 0.5) is 0 Å². The minimum Gasteiger partial charge on any atom is -0.487 e.